The van der Waals surface area contributed by atoms with Crippen molar-refractivity contribution < 1.29 is 0 Å². The average molecular weight is 843 g/mol. The summed E-state index contributed by atoms with van der Waals surface area (Å²) in [6.45, 7) is 4.74. The van der Waals surface area contributed by atoms with Crippen LogP contribution in [-0.4, -0.2) is 4.57 Å². The fourth-order valence-corrected chi connectivity index (χ4v) is 11.7. The zero-order chi connectivity index (χ0) is 44.0. The summed E-state index contributed by atoms with van der Waals surface area (Å²) in [6, 6.07) is 90.2. The molecular formula is C64H46N2. The highest BCUT2D eigenvalue weighted by molar-refractivity contribution is 6.10. The van der Waals surface area contributed by atoms with E-state index in [4.69, 9.17) is 0 Å². The molecule has 2 nitrogen and oxygen atoms in total. The Hall–Kier alpha value is -8.20. The number of anilines is 3. The van der Waals surface area contributed by atoms with Crippen LogP contribution >= 0.6 is 0 Å². The summed E-state index contributed by atoms with van der Waals surface area (Å²) < 4.78 is 2.50. The number of hydrogen-bond acceptors (Lipinski definition) is 1. The van der Waals surface area contributed by atoms with Crippen molar-refractivity contribution in [3.63, 3.8) is 0 Å². The Morgan fingerprint density at radius 2 is 0.833 bits per heavy atom. The third-order valence-corrected chi connectivity index (χ3v) is 14.7. The largest absolute Gasteiger partial charge is 0.310 e. The van der Waals surface area contributed by atoms with E-state index in [0.717, 1.165) is 17.1 Å². The Morgan fingerprint density at radius 1 is 0.348 bits per heavy atom. The van der Waals surface area contributed by atoms with E-state index in [9.17, 15) is 0 Å². The van der Waals surface area contributed by atoms with E-state index in [0.29, 0.717) is 0 Å². The molecule has 0 amide bonds. The minimum absolute atomic E-state index is 0.149. The van der Waals surface area contributed by atoms with Crippen molar-refractivity contribution >= 4 is 38.9 Å². The smallest absolute Gasteiger partial charge is 0.0715 e. The second-order valence-corrected chi connectivity index (χ2v) is 18.4. The lowest BCUT2D eigenvalue weighted by Gasteiger charge is -2.35. The van der Waals surface area contributed by atoms with Gasteiger partial charge < -0.3 is 9.47 Å². The Kier molecular flexibility index (Phi) is 8.51. The van der Waals surface area contributed by atoms with Crippen molar-refractivity contribution in [1.29, 1.82) is 0 Å². The molecule has 0 unspecified atom stereocenters. The number of rotatable bonds is 7. The summed E-state index contributed by atoms with van der Waals surface area (Å²) in [7, 11) is 0. The topological polar surface area (TPSA) is 8.17 Å². The minimum atomic E-state index is -0.623. The molecule has 66 heavy (non-hydrogen) atoms. The van der Waals surface area contributed by atoms with Crippen LogP contribution in [0.25, 0.3) is 60.9 Å². The van der Waals surface area contributed by atoms with Gasteiger partial charge in [0.1, 0.15) is 0 Å². The van der Waals surface area contributed by atoms with Crippen molar-refractivity contribution in [1.82, 2.24) is 4.57 Å². The summed E-state index contributed by atoms with van der Waals surface area (Å²) in [5.41, 5.74) is 21.4. The highest BCUT2D eigenvalue weighted by Crippen LogP contribution is 2.59. The van der Waals surface area contributed by atoms with Crippen LogP contribution in [0.4, 0.5) is 17.1 Å². The highest BCUT2D eigenvalue weighted by atomic mass is 15.1. The van der Waals surface area contributed by atoms with Gasteiger partial charge in [-0.1, -0.05) is 202 Å². The molecule has 2 aliphatic rings. The number of fused-ring (bicyclic) bond motifs is 9. The first-order valence-corrected chi connectivity index (χ1v) is 23.1. The van der Waals surface area contributed by atoms with Crippen LogP contribution in [0.3, 0.4) is 0 Å². The van der Waals surface area contributed by atoms with Crippen molar-refractivity contribution in [3.8, 4) is 39.1 Å². The SMILES string of the molecule is CC1(C)c2ccccc2-c2ccc(N(c3ccc(-c4ccccc4)cc3)c3ccc4c(c3)C(c3ccccc3)(c3ccccc3)c3cccc(-n5c6ccccc6c6ccccc65)c3-4)cc21. The van der Waals surface area contributed by atoms with E-state index in [1.165, 1.54) is 94.3 Å². The third kappa shape index (κ3) is 5.48. The summed E-state index contributed by atoms with van der Waals surface area (Å²) >= 11 is 0. The molecule has 0 fully saturated rings. The molecule has 0 radical (unpaired) electrons. The monoisotopic (exact) mass is 842 g/mol. The summed E-state index contributed by atoms with van der Waals surface area (Å²) in [6.07, 6.45) is 0. The van der Waals surface area contributed by atoms with E-state index in [-0.39, 0.29) is 5.41 Å². The van der Waals surface area contributed by atoms with Gasteiger partial charge in [-0.25, -0.2) is 0 Å². The fourth-order valence-electron chi connectivity index (χ4n) is 11.7. The first-order chi connectivity index (χ1) is 32.5. The number of nitrogens with zero attached hydrogens (tertiary/aromatic N) is 2. The number of para-hydroxylation sites is 2. The number of benzene rings is 10. The maximum Gasteiger partial charge on any atom is 0.0715 e. The molecule has 1 aromatic heterocycles. The van der Waals surface area contributed by atoms with Gasteiger partial charge in [-0.15, -0.1) is 0 Å². The first kappa shape index (κ1) is 38.3. The van der Waals surface area contributed by atoms with Crippen LogP contribution in [-0.2, 0) is 10.8 Å². The van der Waals surface area contributed by atoms with Gasteiger partial charge in [0.25, 0.3) is 0 Å². The molecule has 0 aliphatic heterocycles. The standard InChI is InChI=1S/C64H46N2/c1-63(2)55-28-15-12-25-50(55)51-39-37-48(41-57(51)63)65(47-35-33-44(34-36-47)43-19-6-3-7-20-43)49-38-40-54-58(42-49)64(45-21-8-4-9-22-45,46-23-10-5-11-24-46)56-29-18-32-61(62(54)56)66-59-30-16-13-26-52(59)53-27-14-17-31-60(53)66/h3-42H,1-2H3. The Balaban J connectivity index is 1.09. The molecule has 312 valence electrons. The molecule has 2 aliphatic carbocycles. The molecule has 0 atom stereocenters. The van der Waals surface area contributed by atoms with Crippen LogP contribution in [0.1, 0.15) is 47.2 Å². The minimum Gasteiger partial charge on any atom is -0.310 e. The van der Waals surface area contributed by atoms with Crippen LogP contribution in [0.15, 0.2) is 243 Å². The average Bonchev–Trinajstić information content (AvgIpc) is 3.96. The first-order valence-electron chi connectivity index (χ1n) is 23.1. The molecule has 2 heteroatoms. The van der Waals surface area contributed by atoms with Crippen molar-refractivity contribution in [2.45, 2.75) is 24.7 Å². The normalized spacial score (nSPS) is 13.8. The molecule has 0 N–H and O–H groups in total. The summed E-state index contributed by atoms with van der Waals surface area (Å²) in [4.78, 5) is 2.48. The van der Waals surface area contributed by atoms with E-state index in [1.54, 1.807) is 0 Å². The maximum absolute atomic E-state index is 2.50. The van der Waals surface area contributed by atoms with Gasteiger partial charge >= 0.3 is 0 Å². The lowest BCUT2D eigenvalue weighted by molar-refractivity contribution is 0.660. The number of hydrogen-bond donors (Lipinski definition) is 0. The van der Waals surface area contributed by atoms with Gasteiger partial charge in [-0.3, -0.25) is 0 Å². The van der Waals surface area contributed by atoms with Gasteiger partial charge in [0.15, 0.2) is 0 Å². The van der Waals surface area contributed by atoms with Crippen molar-refractivity contribution in [2.24, 2.45) is 0 Å². The molecule has 0 bridgehead atoms. The molecular weight excluding hydrogens is 797 g/mol. The molecule has 10 aromatic carbocycles. The zero-order valence-electron chi connectivity index (χ0n) is 37.0. The fraction of sp³-hybridized carbons (Fsp3) is 0.0625. The lowest BCUT2D eigenvalue weighted by atomic mass is 9.67. The van der Waals surface area contributed by atoms with Gasteiger partial charge in [0.05, 0.1) is 22.1 Å². The zero-order valence-corrected chi connectivity index (χ0v) is 37.0. The second-order valence-electron chi connectivity index (χ2n) is 18.4. The molecule has 13 rings (SSSR count). The van der Waals surface area contributed by atoms with Gasteiger partial charge in [-0.05, 0) is 116 Å². The van der Waals surface area contributed by atoms with Crippen LogP contribution in [0.5, 0.6) is 0 Å². The van der Waals surface area contributed by atoms with Crippen molar-refractivity contribution in [2.75, 3.05) is 4.90 Å². The predicted molar refractivity (Wildman–Crippen MR) is 276 cm³/mol. The highest BCUT2D eigenvalue weighted by Gasteiger charge is 2.48. The summed E-state index contributed by atoms with van der Waals surface area (Å²) in [5.74, 6) is 0. The van der Waals surface area contributed by atoms with Crippen LogP contribution < -0.4 is 4.90 Å². The lowest BCUT2D eigenvalue weighted by Crippen LogP contribution is -2.28. The molecule has 1 heterocycles. The van der Waals surface area contributed by atoms with E-state index >= 15 is 0 Å². The van der Waals surface area contributed by atoms with E-state index in [2.05, 4.69) is 266 Å². The quantitative estimate of drug-likeness (QED) is 0.155. The molecule has 11 aromatic rings. The summed E-state index contributed by atoms with van der Waals surface area (Å²) in [5, 5.41) is 2.51. The van der Waals surface area contributed by atoms with E-state index in [1.807, 2.05) is 0 Å². The maximum atomic E-state index is 2.50. The van der Waals surface area contributed by atoms with E-state index < -0.39 is 5.41 Å². The van der Waals surface area contributed by atoms with Crippen LogP contribution in [0.2, 0.25) is 0 Å². The Labute approximate surface area is 386 Å². The second kappa shape index (κ2) is 14.7. The Morgan fingerprint density at radius 3 is 1.48 bits per heavy atom. The molecule has 0 saturated heterocycles. The van der Waals surface area contributed by atoms with Crippen molar-refractivity contribution in [3.05, 3.63) is 276 Å². The van der Waals surface area contributed by atoms with Crippen LogP contribution in [0, 0.1) is 0 Å². The molecule has 0 saturated carbocycles. The van der Waals surface area contributed by atoms with Gasteiger partial charge in [0, 0.05) is 38.8 Å². The van der Waals surface area contributed by atoms with Gasteiger partial charge in [-0.2, -0.15) is 0 Å². The predicted octanol–water partition coefficient (Wildman–Crippen LogP) is 16.6. The third-order valence-electron chi connectivity index (χ3n) is 14.7. The Bertz CT molecular complexity index is 3560. The molecule has 0 spiro atoms. The van der Waals surface area contributed by atoms with Gasteiger partial charge in [0.2, 0.25) is 0 Å². The number of aromatic nitrogens is 1.